The molecule has 0 aromatic heterocycles. The van der Waals surface area contributed by atoms with Gasteiger partial charge < -0.3 is 9.84 Å². The lowest BCUT2D eigenvalue weighted by atomic mass is 9.76. The molecule has 3 heteroatoms. The van der Waals surface area contributed by atoms with Crippen LogP contribution in [0.4, 0.5) is 0 Å². The van der Waals surface area contributed by atoms with Gasteiger partial charge in [0.25, 0.3) is 0 Å². The highest BCUT2D eigenvalue weighted by Crippen LogP contribution is 2.63. The van der Waals surface area contributed by atoms with E-state index in [-0.39, 0.29) is 5.97 Å². The minimum absolute atomic E-state index is 0.272. The molecule has 0 radical (unpaired) electrons. The topological polar surface area (TPSA) is 46.5 Å². The van der Waals surface area contributed by atoms with E-state index in [1.54, 1.807) is 6.92 Å². The van der Waals surface area contributed by atoms with Crippen LogP contribution in [0.5, 0.6) is 0 Å². The molecule has 3 aliphatic carbocycles. The predicted molar refractivity (Wildman–Crippen MR) is 72.3 cm³/mol. The molecular formula is C16H24O3. The van der Waals surface area contributed by atoms with Gasteiger partial charge in [0.2, 0.25) is 0 Å². The molecule has 3 aliphatic rings. The summed E-state index contributed by atoms with van der Waals surface area (Å²) in [7, 11) is 0. The van der Waals surface area contributed by atoms with Crippen LogP contribution in [-0.4, -0.2) is 24.3 Å². The van der Waals surface area contributed by atoms with Crippen molar-refractivity contribution in [2.45, 2.75) is 32.6 Å². The lowest BCUT2D eigenvalue weighted by molar-refractivity contribution is -0.141. The minimum Gasteiger partial charge on any atom is -0.462 e. The van der Waals surface area contributed by atoms with E-state index < -0.39 is 0 Å². The van der Waals surface area contributed by atoms with Crippen LogP contribution in [0.1, 0.15) is 32.6 Å². The standard InChI is InChI=1S/C16H24O3/c1-9(2)16(18)19-8-10-6-13-11-4-3-5-12(11)15(10)14(13)7-17/h10-15,17H,1,3-8H2,2H3. The van der Waals surface area contributed by atoms with Gasteiger partial charge in [-0.25, -0.2) is 4.79 Å². The first-order valence-electron chi connectivity index (χ1n) is 7.57. The summed E-state index contributed by atoms with van der Waals surface area (Å²) in [5, 5.41) is 9.66. The van der Waals surface area contributed by atoms with E-state index >= 15 is 0 Å². The van der Waals surface area contributed by atoms with E-state index in [1.165, 1.54) is 19.3 Å². The molecule has 0 heterocycles. The Kier molecular flexibility index (Phi) is 3.42. The second-order valence-corrected chi connectivity index (χ2v) is 6.72. The van der Waals surface area contributed by atoms with Crippen LogP contribution in [0, 0.1) is 35.5 Å². The highest BCUT2D eigenvalue weighted by atomic mass is 16.5. The van der Waals surface area contributed by atoms with Crippen LogP contribution in [0.25, 0.3) is 0 Å². The van der Waals surface area contributed by atoms with Crippen molar-refractivity contribution in [1.82, 2.24) is 0 Å². The van der Waals surface area contributed by atoms with Crippen molar-refractivity contribution in [2.24, 2.45) is 35.5 Å². The summed E-state index contributed by atoms with van der Waals surface area (Å²) in [5.41, 5.74) is 0.473. The summed E-state index contributed by atoms with van der Waals surface area (Å²) in [6.45, 7) is 6.14. The van der Waals surface area contributed by atoms with Gasteiger partial charge in [0.05, 0.1) is 6.61 Å². The summed E-state index contributed by atoms with van der Waals surface area (Å²) in [6.07, 6.45) is 5.15. The Labute approximate surface area is 115 Å². The third-order valence-corrected chi connectivity index (χ3v) is 5.82. The summed E-state index contributed by atoms with van der Waals surface area (Å²) in [4.78, 5) is 11.5. The van der Waals surface area contributed by atoms with Gasteiger partial charge in [-0.1, -0.05) is 13.0 Å². The average Bonchev–Trinajstić information content (AvgIpc) is 3.04. The molecule has 0 amide bonds. The summed E-state index contributed by atoms with van der Waals surface area (Å²) in [5.74, 6) is 3.54. The van der Waals surface area contributed by atoms with E-state index in [0.29, 0.717) is 42.5 Å². The van der Waals surface area contributed by atoms with E-state index in [9.17, 15) is 9.90 Å². The quantitative estimate of drug-likeness (QED) is 0.626. The second kappa shape index (κ2) is 4.93. The van der Waals surface area contributed by atoms with Gasteiger partial charge in [-0.2, -0.15) is 0 Å². The van der Waals surface area contributed by atoms with E-state index in [0.717, 1.165) is 18.3 Å². The van der Waals surface area contributed by atoms with Crippen molar-refractivity contribution in [3.8, 4) is 0 Å². The maximum atomic E-state index is 11.5. The third kappa shape index (κ3) is 2.03. The van der Waals surface area contributed by atoms with E-state index in [1.807, 2.05) is 0 Å². The molecule has 0 spiro atoms. The number of esters is 1. The fourth-order valence-electron chi connectivity index (χ4n) is 5.24. The van der Waals surface area contributed by atoms with Gasteiger partial charge >= 0.3 is 5.97 Å². The van der Waals surface area contributed by atoms with Crippen molar-refractivity contribution in [3.05, 3.63) is 12.2 Å². The van der Waals surface area contributed by atoms with Crippen LogP contribution >= 0.6 is 0 Å². The molecule has 0 aromatic rings. The third-order valence-electron chi connectivity index (χ3n) is 5.82. The smallest absolute Gasteiger partial charge is 0.333 e. The highest BCUT2D eigenvalue weighted by Gasteiger charge is 2.59. The van der Waals surface area contributed by atoms with Gasteiger partial charge in [0.15, 0.2) is 0 Å². The largest absolute Gasteiger partial charge is 0.462 e. The summed E-state index contributed by atoms with van der Waals surface area (Å²) < 4.78 is 5.36. The summed E-state index contributed by atoms with van der Waals surface area (Å²) >= 11 is 0. The Morgan fingerprint density at radius 1 is 1.32 bits per heavy atom. The first-order valence-corrected chi connectivity index (χ1v) is 7.57. The van der Waals surface area contributed by atoms with Gasteiger partial charge in [0, 0.05) is 12.2 Å². The first-order chi connectivity index (χ1) is 9.13. The maximum absolute atomic E-state index is 11.5. The zero-order valence-corrected chi connectivity index (χ0v) is 11.7. The molecule has 106 valence electrons. The minimum atomic E-state index is -0.272. The average molecular weight is 264 g/mol. The van der Waals surface area contributed by atoms with Gasteiger partial charge in [-0.3, -0.25) is 0 Å². The number of hydrogen-bond acceptors (Lipinski definition) is 3. The maximum Gasteiger partial charge on any atom is 0.333 e. The molecule has 6 unspecified atom stereocenters. The molecular weight excluding hydrogens is 240 g/mol. The van der Waals surface area contributed by atoms with Crippen molar-refractivity contribution in [1.29, 1.82) is 0 Å². The van der Waals surface area contributed by atoms with Crippen molar-refractivity contribution < 1.29 is 14.6 Å². The van der Waals surface area contributed by atoms with Gasteiger partial charge in [-0.15, -0.1) is 0 Å². The zero-order chi connectivity index (χ0) is 13.6. The fraction of sp³-hybridized carbons (Fsp3) is 0.812. The van der Waals surface area contributed by atoms with Crippen molar-refractivity contribution in [2.75, 3.05) is 13.2 Å². The van der Waals surface area contributed by atoms with E-state index in [4.69, 9.17) is 4.74 Å². The Bertz CT molecular complexity index is 387. The Morgan fingerprint density at radius 2 is 2.05 bits per heavy atom. The number of fused-ring (bicyclic) bond motifs is 5. The van der Waals surface area contributed by atoms with Gasteiger partial charge in [-0.05, 0) is 61.7 Å². The predicted octanol–water partition coefficient (Wildman–Crippen LogP) is 2.40. The molecule has 19 heavy (non-hydrogen) atoms. The van der Waals surface area contributed by atoms with Crippen LogP contribution < -0.4 is 0 Å². The van der Waals surface area contributed by atoms with Crippen LogP contribution in [-0.2, 0) is 9.53 Å². The molecule has 6 atom stereocenters. The number of hydrogen-bond donors (Lipinski definition) is 1. The number of carbonyl (C=O) groups excluding carboxylic acids is 1. The normalized spacial score (nSPS) is 43.3. The molecule has 0 saturated heterocycles. The lowest BCUT2D eigenvalue weighted by Crippen LogP contribution is -2.29. The molecule has 3 fully saturated rings. The first kappa shape index (κ1) is 13.2. The lowest BCUT2D eigenvalue weighted by Gasteiger charge is -2.31. The van der Waals surface area contributed by atoms with E-state index in [2.05, 4.69) is 6.58 Å². The fourth-order valence-corrected chi connectivity index (χ4v) is 5.24. The van der Waals surface area contributed by atoms with Gasteiger partial charge in [0.1, 0.15) is 0 Å². The van der Waals surface area contributed by atoms with Crippen molar-refractivity contribution >= 4 is 5.97 Å². The SMILES string of the molecule is C=C(C)C(=O)OCC1CC2C3CCCC3C1C2CO. The molecule has 3 nitrogen and oxygen atoms in total. The highest BCUT2D eigenvalue weighted by molar-refractivity contribution is 5.86. The molecule has 0 aromatic carbocycles. The molecule has 2 bridgehead atoms. The van der Waals surface area contributed by atoms with Crippen LogP contribution in [0.2, 0.25) is 0 Å². The number of rotatable bonds is 4. The molecule has 3 saturated carbocycles. The molecule has 0 aliphatic heterocycles. The number of aliphatic hydroxyl groups is 1. The Morgan fingerprint density at radius 3 is 2.74 bits per heavy atom. The summed E-state index contributed by atoms with van der Waals surface area (Å²) in [6, 6.07) is 0. The molecule has 1 N–H and O–H groups in total. The second-order valence-electron chi connectivity index (χ2n) is 6.72. The Balaban J connectivity index is 1.66. The van der Waals surface area contributed by atoms with Crippen molar-refractivity contribution in [3.63, 3.8) is 0 Å². The number of aliphatic hydroxyl groups excluding tert-OH is 1. The number of carbonyl (C=O) groups is 1. The number of ether oxygens (including phenoxy) is 1. The molecule has 3 rings (SSSR count). The van der Waals surface area contributed by atoms with Crippen LogP contribution in [0.15, 0.2) is 12.2 Å². The zero-order valence-electron chi connectivity index (χ0n) is 11.7. The van der Waals surface area contributed by atoms with Crippen LogP contribution in [0.3, 0.4) is 0 Å². The Hall–Kier alpha value is -0.830. The monoisotopic (exact) mass is 264 g/mol.